The Hall–Kier alpha value is -2.28. The Morgan fingerprint density at radius 2 is 2.23 bits per heavy atom. The van der Waals surface area contributed by atoms with Gasteiger partial charge in [-0.2, -0.15) is 0 Å². The molecule has 0 aliphatic carbocycles. The normalized spacial score (nSPS) is 17.8. The van der Waals surface area contributed by atoms with E-state index in [1.165, 1.54) is 11.3 Å². The SMILES string of the molecule is Cc1cccc(N2CC(C(=O)Nc3nncs3)CC2=O)c1C. The summed E-state index contributed by atoms with van der Waals surface area (Å²) < 4.78 is 0. The van der Waals surface area contributed by atoms with Crippen molar-refractivity contribution in [3.63, 3.8) is 0 Å². The summed E-state index contributed by atoms with van der Waals surface area (Å²) >= 11 is 1.26. The first-order valence-electron chi connectivity index (χ1n) is 7.00. The zero-order valence-corrected chi connectivity index (χ0v) is 13.2. The molecule has 0 spiro atoms. The second-order valence-corrected chi connectivity index (χ2v) is 6.19. The fourth-order valence-corrected chi connectivity index (χ4v) is 3.03. The van der Waals surface area contributed by atoms with Gasteiger partial charge in [0, 0.05) is 18.7 Å². The second kappa shape index (κ2) is 5.84. The van der Waals surface area contributed by atoms with Crippen LogP contribution in [0.5, 0.6) is 0 Å². The molecule has 2 heterocycles. The van der Waals surface area contributed by atoms with Crippen LogP contribution < -0.4 is 10.2 Å². The van der Waals surface area contributed by atoms with Crippen LogP contribution in [0.25, 0.3) is 0 Å². The zero-order valence-electron chi connectivity index (χ0n) is 12.4. The predicted octanol–water partition coefficient (Wildman–Crippen LogP) is 2.15. The number of aromatic nitrogens is 2. The van der Waals surface area contributed by atoms with E-state index in [0.717, 1.165) is 16.8 Å². The number of aryl methyl sites for hydroxylation is 1. The molecule has 0 bridgehead atoms. The number of carbonyl (C=O) groups excluding carboxylic acids is 2. The van der Waals surface area contributed by atoms with Gasteiger partial charge in [-0.1, -0.05) is 23.5 Å². The number of rotatable bonds is 3. The number of amides is 2. The van der Waals surface area contributed by atoms with Crippen molar-refractivity contribution < 1.29 is 9.59 Å². The van der Waals surface area contributed by atoms with E-state index in [1.54, 1.807) is 10.4 Å². The highest BCUT2D eigenvalue weighted by molar-refractivity contribution is 7.13. The first-order valence-corrected chi connectivity index (χ1v) is 7.88. The van der Waals surface area contributed by atoms with E-state index in [4.69, 9.17) is 0 Å². The minimum Gasteiger partial charge on any atom is -0.311 e. The zero-order chi connectivity index (χ0) is 15.7. The molecule has 1 unspecified atom stereocenters. The van der Waals surface area contributed by atoms with Crippen LogP contribution in [0, 0.1) is 19.8 Å². The minimum atomic E-state index is -0.365. The molecular weight excluding hydrogens is 300 g/mol. The molecule has 1 N–H and O–H groups in total. The van der Waals surface area contributed by atoms with Crippen LogP contribution in [-0.4, -0.2) is 28.6 Å². The highest BCUT2D eigenvalue weighted by atomic mass is 32.1. The molecule has 1 aromatic carbocycles. The lowest BCUT2D eigenvalue weighted by atomic mass is 10.1. The van der Waals surface area contributed by atoms with Gasteiger partial charge in [-0.15, -0.1) is 10.2 Å². The van der Waals surface area contributed by atoms with Gasteiger partial charge in [0.15, 0.2) is 0 Å². The summed E-state index contributed by atoms with van der Waals surface area (Å²) in [6.45, 7) is 4.40. The van der Waals surface area contributed by atoms with Crippen molar-refractivity contribution in [3.05, 3.63) is 34.8 Å². The maximum Gasteiger partial charge on any atom is 0.231 e. The van der Waals surface area contributed by atoms with Crippen LogP contribution in [0.4, 0.5) is 10.8 Å². The van der Waals surface area contributed by atoms with Crippen molar-refractivity contribution in [1.82, 2.24) is 10.2 Å². The number of nitrogens with zero attached hydrogens (tertiary/aromatic N) is 3. The Morgan fingerprint density at radius 1 is 1.41 bits per heavy atom. The van der Waals surface area contributed by atoms with Gasteiger partial charge in [0.05, 0.1) is 5.92 Å². The Balaban J connectivity index is 1.75. The number of hydrogen-bond acceptors (Lipinski definition) is 5. The first kappa shape index (κ1) is 14.6. The van der Waals surface area contributed by atoms with Crippen LogP contribution in [0.15, 0.2) is 23.7 Å². The molecule has 1 aliphatic rings. The molecule has 3 rings (SSSR count). The molecule has 2 aromatic rings. The van der Waals surface area contributed by atoms with Gasteiger partial charge >= 0.3 is 0 Å². The molecule has 2 amide bonds. The number of carbonyl (C=O) groups is 2. The topological polar surface area (TPSA) is 75.2 Å². The summed E-state index contributed by atoms with van der Waals surface area (Å²) in [5, 5.41) is 10.6. The van der Waals surface area contributed by atoms with Gasteiger partial charge in [-0.25, -0.2) is 0 Å². The van der Waals surface area contributed by atoms with Crippen molar-refractivity contribution >= 4 is 34.0 Å². The lowest BCUT2D eigenvalue weighted by Crippen LogP contribution is -2.28. The lowest BCUT2D eigenvalue weighted by Gasteiger charge is -2.20. The molecule has 1 fully saturated rings. The molecule has 6 nitrogen and oxygen atoms in total. The molecule has 1 aromatic heterocycles. The van der Waals surface area contributed by atoms with Gasteiger partial charge in [0.1, 0.15) is 5.51 Å². The first-order chi connectivity index (χ1) is 10.6. The fraction of sp³-hybridized carbons (Fsp3) is 0.333. The van der Waals surface area contributed by atoms with Crippen LogP contribution in [0.1, 0.15) is 17.5 Å². The Morgan fingerprint density at radius 3 is 2.95 bits per heavy atom. The van der Waals surface area contributed by atoms with Crippen molar-refractivity contribution in [2.75, 3.05) is 16.8 Å². The molecular formula is C15H16N4O2S. The monoisotopic (exact) mass is 316 g/mol. The number of hydrogen-bond donors (Lipinski definition) is 1. The van der Waals surface area contributed by atoms with Crippen LogP contribution in [-0.2, 0) is 9.59 Å². The standard InChI is InChI=1S/C15H16N4O2S/c1-9-4-3-5-12(10(9)2)19-7-11(6-13(19)20)14(21)17-15-18-16-8-22-15/h3-5,8,11H,6-7H2,1-2H3,(H,17,18,21). The highest BCUT2D eigenvalue weighted by Crippen LogP contribution is 2.29. The summed E-state index contributed by atoms with van der Waals surface area (Å²) in [6.07, 6.45) is 0.220. The van der Waals surface area contributed by atoms with E-state index >= 15 is 0 Å². The van der Waals surface area contributed by atoms with E-state index in [0.29, 0.717) is 11.7 Å². The summed E-state index contributed by atoms with van der Waals surface area (Å²) in [7, 11) is 0. The largest absolute Gasteiger partial charge is 0.311 e. The summed E-state index contributed by atoms with van der Waals surface area (Å²) in [5.74, 6) is -0.569. The predicted molar refractivity (Wildman–Crippen MR) is 84.9 cm³/mol. The quantitative estimate of drug-likeness (QED) is 0.941. The fourth-order valence-electron chi connectivity index (χ4n) is 2.58. The van der Waals surface area contributed by atoms with E-state index in [2.05, 4.69) is 15.5 Å². The number of anilines is 2. The lowest BCUT2D eigenvalue weighted by molar-refractivity contribution is -0.122. The van der Waals surface area contributed by atoms with Crippen molar-refractivity contribution in [3.8, 4) is 0 Å². The highest BCUT2D eigenvalue weighted by Gasteiger charge is 2.36. The van der Waals surface area contributed by atoms with Gasteiger partial charge in [0.25, 0.3) is 0 Å². The Bertz CT molecular complexity index is 714. The minimum absolute atomic E-state index is 0.0221. The van der Waals surface area contributed by atoms with E-state index in [9.17, 15) is 9.59 Å². The maximum atomic E-state index is 12.3. The molecule has 7 heteroatoms. The average molecular weight is 316 g/mol. The van der Waals surface area contributed by atoms with Crippen molar-refractivity contribution in [1.29, 1.82) is 0 Å². The third-order valence-corrected chi connectivity index (χ3v) is 4.56. The van der Waals surface area contributed by atoms with Gasteiger partial charge in [-0.3, -0.25) is 9.59 Å². The Kier molecular flexibility index (Phi) is 3.89. The molecule has 0 saturated carbocycles. The van der Waals surface area contributed by atoms with Crippen molar-refractivity contribution in [2.24, 2.45) is 5.92 Å². The van der Waals surface area contributed by atoms with E-state index in [-0.39, 0.29) is 24.2 Å². The molecule has 0 radical (unpaired) electrons. The third-order valence-electron chi connectivity index (χ3n) is 3.95. The summed E-state index contributed by atoms with van der Waals surface area (Å²) in [4.78, 5) is 26.2. The third kappa shape index (κ3) is 2.71. The molecule has 1 atom stereocenters. The summed E-state index contributed by atoms with van der Waals surface area (Å²) in [5.41, 5.74) is 4.64. The Labute approximate surface area is 132 Å². The second-order valence-electron chi connectivity index (χ2n) is 5.36. The molecule has 114 valence electrons. The molecule has 1 saturated heterocycles. The van der Waals surface area contributed by atoms with Crippen LogP contribution in [0.2, 0.25) is 0 Å². The molecule has 1 aliphatic heterocycles. The smallest absolute Gasteiger partial charge is 0.231 e. The van der Waals surface area contributed by atoms with Crippen LogP contribution >= 0.6 is 11.3 Å². The maximum absolute atomic E-state index is 12.3. The number of nitrogens with one attached hydrogen (secondary N) is 1. The van der Waals surface area contributed by atoms with Gasteiger partial charge in [0.2, 0.25) is 16.9 Å². The summed E-state index contributed by atoms with van der Waals surface area (Å²) in [6, 6.07) is 5.86. The van der Waals surface area contributed by atoms with Gasteiger partial charge < -0.3 is 10.2 Å². The van der Waals surface area contributed by atoms with Crippen LogP contribution in [0.3, 0.4) is 0 Å². The van der Waals surface area contributed by atoms with E-state index in [1.807, 2.05) is 32.0 Å². The van der Waals surface area contributed by atoms with Crippen molar-refractivity contribution in [2.45, 2.75) is 20.3 Å². The molecule has 22 heavy (non-hydrogen) atoms. The number of benzene rings is 1. The van der Waals surface area contributed by atoms with Gasteiger partial charge in [-0.05, 0) is 31.0 Å². The van der Waals surface area contributed by atoms with E-state index < -0.39 is 0 Å². The average Bonchev–Trinajstić information content (AvgIpc) is 3.12.